The van der Waals surface area contributed by atoms with Gasteiger partial charge in [0.25, 0.3) is 0 Å². The minimum atomic E-state index is -1.62. The van der Waals surface area contributed by atoms with E-state index in [4.69, 9.17) is 4.74 Å². The van der Waals surface area contributed by atoms with Crippen LogP contribution in [0.5, 0.6) is 0 Å². The second kappa shape index (κ2) is 7.07. The number of methoxy groups -OCH3 is 1. The van der Waals surface area contributed by atoms with Crippen LogP contribution in [0.25, 0.3) is 0 Å². The number of likely N-dealkylation sites (tertiary alicyclic amines) is 1. The molecule has 0 aromatic heterocycles. The van der Waals surface area contributed by atoms with Gasteiger partial charge in [-0.25, -0.2) is 0 Å². The lowest BCUT2D eigenvalue weighted by molar-refractivity contribution is -0.150. The van der Waals surface area contributed by atoms with Crippen molar-refractivity contribution in [1.82, 2.24) is 4.90 Å². The largest absolute Gasteiger partial charge is 0.468 e. The van der Waals surface area contributed by atoms with Crippen molar-refractivity contribution in [2.45, 2.75) is 50.5 Å². The molecule has 0 bridgehead atoms. The van der Waals surface area contributed by atoms with Crippen LogP contribution in [0.1, 0.15) is 11.5 Å². The molecule has 6 heteroatoms. The number of hydrogen-bond acceptors (Lipinski definition) is 3. The Kier molecular flexibility index (Phi) is 5.63. The fourth-order valence-corrected chi connectivity index (χ4v) is 17.3. The van der Waals surface area contributed by atoms with E-state index < -0.39 is 28.0 Å². The normalized spacial score (nSPS) is 21.8. The summed E-state index contributed by atoms with van der Waals surface area (Å²) in [5, 5.41) is 0.299. The number of amides is 1. The number of hydrogen-bond donors (Lipinski definition) is 0. The van der Waals surface area contributed by atoms with E-state index in [0.29, 0.717) is 11.8 Å². The minimum Gasteiger partial charge on any atom is -0.468 e. The summed E-state index contributed by atoms with van der Waals surface area (Å²) in [6.07, 6.45) is 0. The number of benzene rings is 1. The first-order valence-electron chi connectivity index (χ1n) is 8.91. The third-order valence-electron chi connectivity index (χ3n) is 4.98. The summed E-state index contributed by atoms with van der Waals surface area (Å²) in [7, 11) is -1.87. The molecule has 1 heterocycles. The van der Waals surface area contributed by atoms with Gasteiger partial charge < -0.3 is 9.64 Å². The van der Waals surface area contributed by atoms with Crippen LogP contribution in [0.3, 0.4) is 0 Å². The fraction of sp³-hybridized carbons (Fsp3) is 0.579. The first-order valence-corrected chi connectivity index (χ1v) is 16.1. The molecule has 1 saturated heterocycles. The maximum absolute atomic E-state index is 13.3. The Bertz CT molecular complexity index is 620. The van der Waals surface area contributed by atoms with Gasteiger partial charge in [0, 0.05) is 17.8 Å². The van der Waals surface area contributed by atoms with Crippen LogP contribution in [-0.2, 0) is 14.3 Å². The molecule has 4 nitrogen and oxygen atoms in total. The van der Waals surface area contributed by atoms with Crippen LogP contribution in [0.4, 0.5) is 0 Å². The highest BCUT2D eigenvalue weighted by molar-refractivity contribution is 6.96. The Hall–Kier alpha value is -1.41. The SMILES string of the molecule is COC(=O)C1C(=O)N(C([Si](C)(C)C)[Si](C)(C)C)CC1c1ccccc1. The first kappa shape index (κ1) is 19.9. The zero-order valence-electron chi connectivity index (χ0n) is 16.5. The molecule has 0 spiro atoms. The lowest BCUT2D eigenvalue weighted by Gasteiger charge is -2.44. The molecule has 138 valence electrons. The van der Waals surface area contributed by atoms with E-state index in [-0.39, 0.29) is 11.8 Å². The molecule has 1 amide bonds. The number of esters is 1. The van der Waals surface area contributed by atoms with Crippen molar-refractivity contribution >= 4 is 28.0 Å². The van der Waals surface area contributed by atoms with Gasteiger partial charge in [0.15, 0.2) is 0 Å². The number of carbonyl (C=O) groups excluding carboxylic acids is 2. The molecule has 0 aliphatic carbocycles. The predicted octanol–water partition coefficient (Wildman–Crippen LogP) is 3.53. The Balaban J connectivity index is 2.48. The second-order valence-electron chi connectivity index (χ2n) is 9.14. The summed E-state index contributed by atoms with van der Waals surface area (Å²) in [4.78, 5) is 27.8. The van der Waals surface area contributed by atoms with E-state index in [2.05, 4.69) is 39.3 Å². The second-order valence-corrected chi connectivity index (χ2v) is 20.3. The van der Waals surface area contributed by atoms with E-state index in [1.54, 1.807) is 0 Å². The molecular formula is C19H31NO3Si2. The Morgan fingerprint density at radius 3 is 2.04 bits per heavy atom. The van der Waals surface area contributed by atoms with E-state index >= 15 is 0 Å². The van der Waals surface area contributed by atoms with E-state index in [9.17, 15) is 9.59 Å². The van der Waals surface area contributed by atoms with Crippen molar-refractivity contribution in [2.75, 3.05) is 13.7 Å². The number of ether oxygens (including phenoxy) is 1. The van der Waals surface area contributed by atoms with Crippen LogP contribution in [0, 0.1) is 5.92 Å². The molecule has 2 atom stereocenters. The third-order valence-corrected chi connectivity index (χ3v) is 14.1. The molecule has 0 saturated carbocycles. The molecule has 1 aromatic rings. The molecule has 1 aliphatic heterocycles. The van der Waals surface area contributed by atoms with Gasteiger partial charge in [0.2, 0.25) is 5.91 Å². The van der Waals surface area contributed by atoms with Crippen LogP contribution < -0.4 is 0 Å². The monoisotopic (exact) mass is 377 g/mol. The molecule has 2 rings (SSSR count). The third kappa shape index (κ3) is 4.06. The quantitative estimate of drug-likeness (QED) is 0.448. The summed E-state index contributed by atoms with van der Waals surface area (Å²) < 4.78 is 4.99. The van der Waals surface area contributed by atoms with Crippen molar-refractivity contribution in [2.24, 2.45) is 5.92 Å². The van der Waals surface area contributed by atoms with Gasteiger partial charge in [-0.15, -0.1) is 0 Å². The average Bonchev–Trinajstić information content (AvgIpc) is 2.82. The zero-order chi connectivity index (χ0) is 19.0. The van der Waals surface area contributed by atoms with Gasteiger partial charge in [-0.05, 0) is 5.56 Å². The topological polar surface area (TPSA) is 46.6 Å². The maximum Gasteiger partial charge on any atom is 0.318 e. The summed E-state index contributed by atoms with van der Waals surface area (Å²) in [6, 6.07) is 9.90. The molecule has 1 fully saturated rings. The molecule has 25 heavy (non-hydrogen) atoms. The Morgan fingerprint density at radius 1 is 1.08 bits per heavy atom. The van der Waals surface area contributed by atoms with E-state index in [1.165, 1.54) is 7.11 Å². The van der Waals surface area contributed by atoms with Crippen LogP contribution in [-0.4, -0.2) is 51.9 Å². The lowest BCUT2D eigenvalue weighted by atomic mass is 9.89. The van der Waals surface area contributed by atoms with Crippen molar-refractivity contribution in [3.63, 3.8) is 0 Å². The average molecular weight is 378 g/mol. The smallest absolute Gasteiger partial charge is 0.318 e. The number of rotatable bonds is 5. The lowest BCUT2D eigenvalue weighted by Crippen LogP contribution is -2.64. The standard InChI is InChI=1S/C19H31NO3Si2/c1-23-18(22)16-15(14-11-9-8-10-12-14)13-20(17(16)21)19(24(2,3)4)25(5,6)7/h8-12,15-16,19H,13H2,1-7H3. The van der Waals surface area contributed by atoms with Crippen LogP contribution >= 0.6 is 0 Å². The van der Waals surface area contributed by atoms with Gasteiger partial charge in [-0.2, -0.15) is 0 Å². The van der Waals surface area contributed by atoms with Crippen molar-refractivity contribution in [3.05, 3.63) is 35.9 Å². The van der Waals surface area contributed by atoms with Gasteiger partial charge in [-0.3, -0.25) is 9.59 Å². The summed E-state index contributed by atoms with van der Waals surface area (Å²) in [6.45, 7) is 14.6. The van der Waals surface area contributed by atoms with E-state index in [0.717, 1.165) is 5.56 Å². The first-order chi connectivity index (χ1) is 11.5. The van der Waals surface area contributed by atoms with Gasteiger partial charge >= 0.3 is 5.97 Å². The summed E-state index contributed by atoms with van der Waals surface area (Å²) >= 11 is 0. The van der Waals surface area contributed by atoms with E-state index in [1.807, 2.05) is 35.2 Å². The van der Waals surface area contributed by atoms with Crippen LogP contribution in [0.15, 0.2) is 30.3 Å². The number of carbonyl (C=O) groups is 2. The number of nitrogens with zero attached hydrogens (tertiary/aromatic N) is 1. The zero-order valence-corrected chi connectivity index (χ0v) is 18.5. The molecule has 0 N–H and O–H groups in total. The van der Waals surface area contributed by atoms with Crippen LogP contribution in [0.2, 0.25) is 39.3 Å². The highest BCUT2D eigenvalue weighted by atomic mass is 28.4. The molecule has 1 aromatic carbocycles. The Morgan fingerprint density at radius 2 is 1.60 bits per heavy atom. The molecule has 0 radical (unpaired) electrons. The summed E-state index contributed by atoms with van der Waals surface area (Å²) in [5.41, 5.74) is 1.04. The van der Waals surface area contributed by atoms with Crippen molar-refractivity contribution < 1.29 is 14.3 Å². The summed E-state index contributed by atoms with van der Waals surface area (Å²) in [5.74, 6) is -1.30. The maximum atomic E-state index is 13.3. The molecular weight excluding hydrogens is 346 g/mol. The molecule has 2 unspecified atom stereocenters. The Labute approximate surface area is 153 Å². The van der Waals surface area contributed by atoms with Gasteiger partial charge in [-0.1, -0.05) is 69.6 Å². The van der Waals surface area contributed by atoms with Gasteiger partial charge in [0.05, 0.1) is 23.3 Å². The van der Waals surface area contributed by atoms with Gasteiger partial charge in [0.1, 0.15) is 5.92 Å². The highest BCUT2D eigenvalue weighted by Crippen LogP contribution is 2.39. The molecule has 1 aliphatic rings. The highest BCUT2D eigenvalue weighted by Gasteiger charge is 2.53. The predicted molar refractivity (Wildman–Crippen MR) is 107 cm³/mol. The van der Waals surface area contributed by atoms with Crippen molar-refractivity contribution in [1.29, 1.82) is 0 Å². The van der Waals surface area contributed by atoms with Crippen molar-refractivity contribution in [3.8, 4) is 0 Å². The minimum absolute atomic E-state index is 0.0458. The fourth-order valence-electron chi connectivity index (χ4n) is 4.61.